The van der Waals surface area contributed by atoms with Gasteiger partial charge in [0.25, 0.3) is 0 Å². The summed E-state index contributed by atoms with van der Waals surface area (Å²) in [6, 6.07) is 6.15. The molecule has 0 spiro atoms. The minimum absolute atomic E-state index is 0.0188. The Kier molecular flexibility index (Phi) is 3.58. The zero-order valence-corrected chi connectivity index (χ0v) is 9.30. The summed E-state index contributed by atoms with van der Waals surface area (Å²) in [5.74, 6) is -0.338. The van der Waals surface area contributed by atoms with Gasteiger partial charge in [0, 0.05) is 12.2 Å². The van der Waals surface area contributed by atoms with Crippen LogP contribution in [0, 0.1) is 5.82 Å². The lowest BCUT2D eigenvalue weighted by atomic mass is 10.1. The van der Waals surface area contributed by atoms with Gasteiger partial charge in [-0.3, -0.25) is 4.90 Å². The predicted octanol–water partition coefficient (Wildman–Crippen LogP) is 1.53. The average molecular weight is 239 g/mol. The molecule has 1 aliphatic rings. The molecule has 1 aromatic carbocycles. The van der Waals surface area contributed by atoms with Crippen molar-refractivity contribution < 1.29 is 19.0 Å². The summed E-state index contributed by atoms with van der Waals surface area (Å²) in [4.78, 5) is 12.9. The van der Waals surface area contributed by atoms with Crippen LogP contribution in [0.1, 0.15) is 12.0 Å². The maximum absolute atomic E-state index is 13.5. The number of cyclic esters (lactones) is 1. The van der Waals surface area contributed by atoms with Crippen LogP contribution in [-0.2, 0) is 11.3 Å². The summed E-state index contributed by atoms with van der Waals surface area (Å²) >= 11 is 0. The molecule has 1 aromatic rings. The van der Waals surface area contributed by atoms with E-state index < -0.39 is 6.09 Å². The van der Waals surface area contributed by atoms with Gasteiger partial charge in [0.15, 0.2) is 0 Å². The fourth-order valence-electron chi connectivity index (χ4n) is 1.88. The Hall–Kier alpha value is -1.62. The number of ether oxygens (including phenoxy) is 1. The van der Waals surface area contributed by atoms with Gasteiger partial charge in [-0.1, -0.05) is 18.2 Å². The summed E-state index contributed by atoms with van der Waals surface area (Å²) in [5, 5.41) is 8.88. The number of benzene rings is 1. The van der Waals surface area contributed by atoms with E-state index in [1.807, 2.05) is 0 Å². The van der Waals surface area contributed by atoms with Crippen molar-refractivity contribution >= 4 is 6.09 Å². The molecular formula is C12H14FNO3. The zero-order chi connectivity index (χ0) is 12.3. The zero-order valence-electron chi connectivity index (χ0n) is 9.30. The molecule has 1 N–H and O–H groups in total. The maximum atomic E-state index is 13.5. The van der Waals surface area contributed by atoms with Gasteiger partial charge in [0.05, 0.1) is 12.6 Å². The summed E-state index contributed by atoms with van der Waals surface area (Å²) in [7, 11) is 0. The van der Waals surface area contributed by atoms with Crippen molar-refractivity contribution in [1.82, 2.24) is 4.90 Å². The first-order chi connectivity index (χ1) is 8.22. The van der Waals surface area contributed by atoms with Crippen LogP contribution in [-0.4, -0.2) is 35.4 Å². The van der Waals surface area contributed by atoms with Gasteiger partial charge < -0.3 is 9.84 Å². The molecule has 0 saturated carbocycles. The van der Waals surface area contributed by atoms with Crippen LogP contribution < -0.4 is 0 Å². The molecule has 0 radical (unpaired) electrons. The third-order valence-corrected chi connectivity index (χ3v) is 2.84. The smallest absolute Gasteiger partial charge is 0.410 e. The molecule has 5 heteroatoms. The quantitative estimate of drug-likeness (QED) is 0.866. The van der Waals surface area contributed by atoms with E-state index in [0.717, 1.165) is 0 Å². The molecule has 1 unspecified atom stereocenters. The van der Waals surface area contributed by atoms with Gasteiger partial charge in [0.2, 0.25) is 0 Å². The van der Waals surface area contributed by atoms with E-state index in [1.54, 1.807) is 18.2 Å². The van der Waals surface area contributed by atoms with Crippen LogP contribution in [0.25, 0.3) is 0 Å². The van der Waals surface area contributed by atoms with E-state index in [9.17, 15) is 9.18 Å². The number of amides is 1. The van der Waals surface area contributed by atoms with Gasteiger partial charge in [0.1, 0.15) is 12.4 Å². The number of aliphatic hydroxyl groups excluding tert-OH is 1. The predicted molar refractivity (Wildman–Crippen MR) is 58.8 cm³/mol. The Morgan fingerprint density at radius 1 is 1.47 bits per heavy atom. The highest BCUT2D eigenvalue weighted by molar-refractivity contribution is 5.70. The highest BCUT2D eigenvalue weighted by Crippen LogP contribution is 2.19. The molecule has 1 saturated heterocycles. The van der Waals surface area contributed by atoms with Crippen molar-refractivity contribution in [2.75, 3.05) is 13.2 Å². The molecule has 1 fully saturated rings. The molecule has 2 rings (SSSR count). The van der Waals surface area contributed by atoms with Crippen LogP contribution in [0.2, 0.25) is 0 Å². The lowest BCUT2D eigenvalue weighted by molar-refractivity contribution is 0.154. The van der Waals surface area contributed by atoms with Crippen LogP contribution in [0.3, 0.4) is 0 Å². The fourth-order valence-corrected chi connectivity index (χ4v) is 1.88. The molecule has 17 heavy (non-hydrogen) atoms. The minimum atomic E-state index is -0.452. The Labute approximate surface area is 98.6 Å². The number of carbonyl (C=O) groups excluding carboxylic acids is 1. The molecule has 0 bridgehead atoms. The van der Waals surface area contributed by atoms with Crippen molar-refractivity contribution in [2.45, 2.75) is 19.0 Å². The summed E-state index contributed by atoms with van der Waals surface area (Å²) < 4.78 is 18.4. The van der Waals surface area contributed by atoms with Gasteiger partial charge in [-0.15, -0.1) is 0 Å². The molecule has 0 aromatic heterocycles. The SMILES string of the molecule is O=C1OCC(CCO)N1Cc1ccccc1F. The molecular weight excluding hydrogens is 225 g/mol. The Morgan fingerprint density at radius 3 is 2.94 bits per heavy atom. The number of hydrogen-bond donors (Lipinski definition) is 1. The lowest BCUT2D eigenvalue weighted by Gasteiger charge is -2.20. The van der Waals surface area contributed by atoms with Crippen LogP contribution in [0.15, 0.2) is 24.3 Å². The molecule has 1 heterocycles. The maximum Gasteiger partial charge on any atom is 0.410 e. The molecule has 0 aliphatic carbocycles. The molecule has 1 atom stereocenters. The summed E-state index contributed by atoms with van der Waals surface area (Å²) in [6.07, 6.45) is -0.00749. The highest BCUT2D eigenvalue weighted by Gasteiger charge is 2.32. The van der Waals surface area contributed by atoms with Crippen molar-refractivity contribution in [2.24, 2.45) is 0 Å². The fraction of sp³-hybridized carbons (Fsp3) is 0.417. The first-order valence-electron chi connectivity index (χ1n) is 5.50. The first-order valence-corrected chi connectivity index (χ1v) is 5.50. The molecule has 1 amide bonds. The monoisotopic (exact) mass is 239 g/mol. The normalized spacial score (nSPS) is 19.5. The Balaban J connectivity index is 2.11. The van der Waals surface area contributed by atoms with Gasteiger partial charge in [-0.05, 0) is 12.5 Å². The number of nitrogens with zero attached hydrogens (tertiary/aromatic N) is 1. The second-order valence-electron chi connectivity index (χ2n) is 3.96. The second-order valence-corrected chi connectivity index (χ2v) is 3.96. The number of carbonyl (C=O) groups is 1. The van der Waals surface area contributed by atoms with Crippen LogP contribution in [0.5, 0.6) is 0 Å². The molecule has 4 nitrogen and oxygen atoms in total. The van der Waals surface area contributed by atoms with Crippen molar-refractivity contribution in [3.63, 3.8) is 0 Å². The van der Waals surface area contributed by atoms with Crippen molar-refractivity contribution in [1.29, 1.82) is 0 Å². The number of hydrogen-bond acceptors (Lipinski definition) is 3. The topological polar surface area (TPSA) is 49.8 Å². The van der Waals surface area contributed by atoms with Gasteiger partial charge >= 0.3 is 6.09 Å². The lowest BCUT2D eigenvalue weighted by Crippen LogP contribution is -2.33. The van der Waals surface area contributed by atoms with Crippen LogP contribution >= 0.6 is 0 Å². The number of aliphatic hydroxyl groups is 1. The number of rotatable bonds is 4. The summed E-state index contributed by atoms with van der Waals surface area (Å²) in [5.41, 5.74) is 0.453. The van der Waals surface area contributed by atoms with E-state index in [1.165, 1.54) is 11.0 Å². The van der Waals surface area contributed by atoms with Crippen molar-refractivity contribution in [3.8, 4) is 0 Å². The average Bonchev–Trinajstić information content (AvgIpc) is 2.65. The van der Waals surface area contributed by atoms with Crippen LogP contribution in [0.4, 0.5) is 9.18 Å². The highest BCUT2D eigenvalue weighted by atomic mass is 19.1. The number of halogens is 1. The van der Waals surface area contributed by atoms with E-state index in [-0.39, 0.29) is 31.6 Å². The van der Waals surface area contributed by atoms with E-state index >= 15 is 0 Å². The standard InChI is InChI=1S/C12H14FNO3/c13-11-4-2-1-3-9(11)7-14-10(5-6-15)8-17-12(14)16/h1-4,10,15H,5-8H2. The second kappa shape index (κ2) is 5.14. The van der Waals surface area contributed by atoms with Crippen molar-refractivity contribution in [3.05, 3.63) is 35.6 Å². The van der Waals surface area contributed by atoms with Gasteiger partial charge in [-0.25, -0.2) is 9.18 Å². The first kappa shape index (κ1) is 11.9. The van der Waals surface area contributed by atoms with E-state index in [2.05, 4.69) is 0 Å². The minimum Gasteiger partial charge on any atom is -0.447 e. The Bertz CT molecular complexity index is 410. The van der Waals surface area contributed by atoms with E-state index in [0.29, 0.717) is 12.0 Å². The third-order valence-electron chi connectivity index (χ3n) is 2.84. The van der Waals surface area contributed by atoms with E-state index in [4.69, 9.17) is 9.84 Å². The third kappa shape index (κ3) is 2.55. The Morgan fingerprint density at radius 2 is 2.24 bits per heavy atom. The summed E-state index contributed by atoms with van der Waals surface area (Å²) in [6.45, 7) is 0.416. The molecule has 92 valence electrons. The largest absolute Gasteiger partial charge is 0.447 e. The van der Waals surface area contributed by atoms with Gasteiger partial charge in [-0.2, -0.15) is 0 Å². The molecule has 1 aliphatic heterocycles.